The summed E-state index contributed by atoms with van der Waals surface area (Å²) in [6.07, 6.45) is 0. The number of ether oxygens (including phenoxy) is 2. The van der Waals surface area contributed by atoms with Gasteiger partial charge in [0, 0.05) is 37.8 Å². The van der Waals surface area contributed by atoms with Crippen LogP contribution >= 0.6 is 46.4 Å². The number of primary amides is 1. The lowest BCUT2D eigenvalue weighted by atomic mass is 10.2. The number of aromatic carboxylic acids is 1. The van der Waals surface area contributed by atoms with Crippen LogP contribution < -0.4 is 15.2 Å². The fourth-order valence-electron chi connectivity index (χ4n) is 3.21. The molecule has 0 fully saturated rings. The first-order chi connectivity index (χ1) is 19.7. The van der Waals surface area contributed by atoms with Gasteiger partial charge in [0.25, 0.3) is 0 Å². The van der Waals surface area contributed by atoms with E-state index in [1.165, 1.54) is 60.7 Å². The Bertz CT molecular complexity index is 1550. The summed E-state index contributed by atoms with van der Waals surface area (Å²) in [5.74, 6) is -1.75. The molecular weight excluding hydrogens is 640 g/mol. The minimum Gasteiger partial charge on any atom is -0.478 e. The summed E-state index contributed by atoms with van der Waals surface area (Å²) < 4.78 is 10.8. The highest BCUT2D eigenvalue weighted by molar-refractivity contribution is 6.35. The van der Waals surface area contributed by atoms with Crippen molar-refractivity contribution in [1.82, 2.24) is 0 Å². The first-order valence-corrected chi connectivity index (χ1v) is 12.6. The van der Waals surface area contributed by atoms with Gasteiger partial charge >= 0.3 is 17.3 Å². The number of hydrogen-bond acceptors (Lipinski definition) is 8. The Morgan fingerprint density at radius 2 is 1.00 bits per heavy atom. The van der Waals surface area contributed by atoms with E-state index in [0.29, 0.717) is 20.1 Å². The fourth-order valence-corrected chi connectivity index (χ4v) is 4.22. The lowest BCUT2D eigenvalue weighted by Crippen LogP contribution is -2.11. The van der Waals surface area contributed by atoms with E-state index in [4.69, 9.17) is 66.7 Å². The second-order valence-electron chi connectivity index (χ2n) is 7.96. The van der Waals surface area contributed by atoms with Gasteiger partial charge in [-0.15, -0.1) is 0 Å². The Morgan fingerprint density at radius 3 is 1.33 bits per heavy atom. The molecule has 0 spiro atoms. The van der Waals surface area contributed by atoms with E-state index in [-0.39, 0.29) is 39.8 Å². The molecule has 0 unspecified atom stereocenters. The lowest BCUT2D eigenvalue weighted by molar-refractivity contribution is -0.385. The molecule has 0 aliphatic heterocycles. The largest absolute Gasteiger partial charge is 0.478 e. The number of carbonyl (C=O) groups is 2. The number of amides is 1. The van der Waals surface area contributed by atoms with Gasteiger partial charge in [0.05, 0.1) is 15.4 Å². The van der Waals surface area contributed by atoms with Crippen molar-refractivity contribution in [2.45, 2.75) is 0 Å². The van der Waals surface area contributed by atoms with Crippen molar-refractivity contribution in [3.63, 3.8) is 0 Å². The van der Waals surface area contributed by atoms with Gasteiger partial charge in [0.1, 0.15) is 11.5 Å². The third-order valence-electron chi connectivity index (χ3n) is 4.97. The summed E-state index contributed by atoms with van der Waals surface area (Å²) in [6, 6.07) is 15.8. The van der Waals surface area contributed by atoms with Crippen LogP contribution in [0.3, 0.4) is 0 Å². The lowest BCUT2D eigenvalue weighted by Gasteiger charge is -2.08. The minimum atomic E-state index is -1.27. The Kier molecular flexibility index (Phi) is 10.5. The third kappa shape index (κ3) is 8.69. The summed E-state index contributed by atoms with van der Waals surface area (Å²) in [7, 11) is 0. The number of halogens is 4. The van der Waals surface area contributed by atoms with Gasteiger partial charge in [0.2, 0.25) is 17.4 Å². The maximum atomic E-state index is 11.1. The number of rotatable bonds is 8. The zero-order chi connectivity index (χ0) is 31.1. The van der Waals surface area contributed by atoms with Crippen molar-refractivity contribution in [3.8, 4) is 23.0 Å². The normalized spacial score (nSPS) is 10.2. The third-order valence-corrected chi connectivity index (χ3v) is 5.84. The molecule has 0 aliphatic carbocycles. The quantitative estimate of drug-likeness (QED) is 0.139. The molecule has 3 N–H and O–H groups in total. The molecule has 0 aliphatic rings. The zero-order valence-electron chi connectivity index (χ0n) is 20.6. The molecule has 16 heteroatoms. The SMILES string of the molecule is NC(=O)c1ccc(Oc2cc(Cl)cc(Cl)c2)c([N+](=O)[O-])c1.O=C(O)c1ccc(Oc2cc(Cl)cc(Cl)c2)c([N+](=O)[O-])c1. The molecule has 0 saturated heterocycles. The number of nitrogens with two attached hydrogens (primary N) is 1. The Balaban J connectivity index is 0.000000230. The molecule has 1 amide bonds. The molecule has 216 valence electrons. The van der Waals surface area contributed by atoms with Crippen LogP contribution in [0, 0.1) is 20.2 Å². The van der Waals surface area contributed by atoms with Crippen LogP contribution in [0.25, 0.3) is 0 Å². The predicted octanol–water partition coefficient (Wildman–Crippen LogP) is 8.18. The van der Waals surface area contributed by atoms with Crippen molar-refractivity contribution in [3.05, 3.63) is 124 Å². The van der Waals surface area contributed by atoms with Crippen LogP contribution in [0.1, 0.15) is 20.7 Å². The molecule has 0 saturated carbocycles. The van der Waals surface area contributed by atoms with Gasteiger partial charge < -0.3 is 20.3 Å². The van der Waals surface area contributed by atoms with Crippen molar-refractivity contribution in [1.29, 1.82) is 0 Å². The van der Waals surface area contributed by atoms with Gasteiger partial charge in [-0.1, -0.05) is 46.4 Å². The molecule has 0 aromatic heterocycles. The summed E-state index contributed by atoms with van der Waals surface area (Å²) in [6.45, 7) is 0. The Hall–Kier alpha value is -4.62. The molecule has 0 radical (unpaired) electrons. The Morgan fingerprint density at radius 1 is 0.643 bits per heavy atom. The monoisotopic (exact) mass is 653 g/mol. The second-order valence-corrected chi connectivity index (χ2v) is 9.71. The van der Waals surface area contributed by atoms with Crippen LogP contribution in [0.15, 0.2) is 72.8 Å². The van der Waals surface area contributed by atoms with Gasteiger partial charge in [-0.05, 0) is 60.7 Å². The average Bonchev–Trinajstić information content (AvgIpc) is 2.88. The van der Waals surface area contributed by atoms with E-state index in [9.17, 15) is 29.8 Å². The number of carbonyl (C=O) groups excluding carboxylic acids is 1. The molecule has 0 heterocycles. The molecule has 4 rings (SSSR count). The van der Waals surface area contributed by atoms with Crippen molar-refractivity contribution < 1.29 is 34.0 Å². The standard InChI is InChI=1S/C13H8Cl2N2O4.C13H7Cl2NO5/c14-8-4-9(15)6-10(5-8)21-12-2-1-7(13(16)18)3-11(12)17(19)20;14-8-4-9(15)6-10(5-8)21-12-2-1-7(13(17)18)3-11(12)16(19)20/h1-6H,(H2,16,18);1-6H,(H,17,18). The molecule has 4 aromatic rings. The van der Waals surface area contributed by atoms with Gasteiger partial charge in [-0.25, -0.2) is 4.79 Å². The van der Waals surface area contributed by atoms with E-state index in [1.807, 2.05) is 0 Å². The van der Waals surface area contributed by atoms with Crippen LogP contribution in [-0.4, -0.2) is 26.8 Å². The second kappa shape index (κ2) is 13.8. The zero-order valence-corrected chi connectivity index (χ0v) is 23.6. The number of nitrogens with zero attached hydrogens (tertiary/aromatic N) is 2. The highest BCUT2D eigenvalue weighted by atomic mass is 35.5. The van der Waals surface area contributed by atoms with E-state index < -0.39 is 27.4 Å². The van der Waals surface area contributed by atoms with Crippen LogP contribution in [-0.2, 0) is 0 Å². The summed E-state index contributed by atoms with van der Waals surface area (Å²) >= 11 is 23.3. The number of nitro benzene ring substituents is 2. The van der Waals surface area contributed by atoms with E-state index in [2.05, 4.69) is 0 Å². The number of benzene rings is 4. The fraction of sp³-hybridized carbons (Fsp3) is 0. The molecule has 42 heavy (non-hydrogen) atoms. The first kappa shape index (κ1) is 31.9. The van der Waals surface area contributed by atoms with Crippen molar-refractivity contribution in [2.24, 2.45) is 5.73 Å². The van der Waals surface area contributed by atoms with Crippen LogP contribution in [0.2, 0.25) is 20.1 Å². The first-order valence-electron chi connectivity index (χ1n) is 11.1. The van der Waals surface area contributed by atoms with Gasteiger partial charge in [0.15, 0.2) is 0 Å². The highest BCUT2D eigenvalue weighted by Crippen LogP contribution is 2.36. The summed E-state index contributed by atoms with van der Waals surface area (Å²) in [5, 5.41) is 32.2. The maximum Gasteiger partial charge on any atom is 0.335 e. The molecule has 4 aromatic carbocycles. The van der Waals surface area contributed by atoms with Crippen molar-refractivity contribution >= 4 is 69.7 Å². The highest BCUT2D eigenvalue weighted by Gasteiger charge is 2.20. The number of carboxylic acid groups (broad SMARTS) is 1. The number of nitro groups is 2. The van der Waals surface area contributed by atoms with E-state index in [1.54, 1.807) is 0 Å². The average molecular weight is 655 g/mol. The minimum absolute atomic E-state index is 0.0122. The molecular formula is C26H15Cl4N3O9. The van der Waals surface area contributed by atoms with Crippen LogP contribution in [0.5, 0.6) is 23.0 Å². The smallest absolute Gasteiger partial charge is 0.335 e. The maximum absolute atomic E-state index is 11.1. The molecule has 12 nitrogen and oxygen atoms in total. The molecule has 0 bridgehead atoms. The van der Waals surface area contributed by atoms with Gasteiger partial charge in [-0.3, -0.25) is 25.0 Å². The molecule has 0 atom stereocenters. The Labute approximate surface area is 256 Å². The van der Waals surface area contributed by atoms with E-state index >= 15 is 0 Å². The number of hydrogen-bond donors (Lipinski definition) is 2. The topological polar surface area (TPSA) is 185 Å². The van der Waals surface area contributed by atoms with E-state index in [0.717, 1.165) is 12.1 Å². The predicted molar refractivity (Wildman–Crippen MR) is 155 cm³/mol. The number of carboxylic acids is 1. The van der Waals surface area contributed by atoms with Crippen LogP contribution in [0.4, 0.5) is 11.4 Å². The van der Waals surface area contributed by atoms with Crippen molar-refractivity contribution in [2.75, 3.05) is 0 Å². The summed E-state index contributed by atoms with van der Waals surface area (Å²) in [4.78, 5) is 42.5. The summed E-state index contributed by atoms with van der Waals surface area (Å²) in [5.41, 5.74) is 4.04. The van der Waals surface area contributed by atoms with Gasteiger partial charge in [-0.2, -0.15) is 0 Å².